The second-order valence-electron chi connectivity index (χ2n) is 1.96. The summed E-state index contributed by atoms with van der Waals surface area (Å²) in [7, 11) is 0. The summed E-state index contributed by atoms with van der Waals surface area (Å²) in [5.74, 6) is 1.85. The number of nitrogens with one attached hydrogen (secondary N) is 1. The number of rotatable bonds is 0. The number of aromatic amines is 1. The molecule has 0 saturated heterocycles. The first kappa shape index (κ1) is 5.35. The van der Waals surface area contributed by atoms with E-state index in [9.17, 15) is 0 Å². The van der Waals surface area contributed by atoms with E-state index < -0.39 is 0 Å². The van der Waals surface area contributed by atoms with Gasteiger partial charge < -0.3 is 4.42 Å². The number of oxazole rings is 1. The van der Waals surface area contributed by atoms with Crippen LogP contribution in [-0.4, -0.2) is 0 Å². The van der Waals surface area contributed by atoms with Gasteiger partial charge in [-0.05, 0) is 0 Å². The third kappa shape index (κ3) is 0.735. The van der Waals surface area contributed by atoms with E-state index in [2.05, 4.69) is 4.98 Å². The average molecular weight is 112 g/mol. The van der Waals surface area contributed by atoms with Gasteiger partial charge in [-0.3, -0.25) is 0 Å². The van der Waals surface area contributed by atoms with Crippen LogP contribution >= 0.6 is 0 Å². The van der Waals surface area contributed by atoms with Crippen LogP contribution in [0.5, 0.6) is 0 Å². The maximum atomic E-state index is 5.16. The van der Waals surface area contributed by atoms with Gasteiger partial charge in [0.2, 0.25) is 5.69 Å². The molecule has 8 heavy (non-hydrogen) atoms. The molecule has 0 aliphatic heterocycles. The Labute approximate surface area is 48.5 Å². The normalized spacial score (nSPS) is 9.88. The van der Waals surface area contributed by atoms with Crippen molar-refractivity contribution in [2.24, 2.45) is 0 Å². The Kier molecular flexibility index (Phi) is 1.08. The highest BCUT2D eigenvalue weighted by Gasteiger charge is 2.05. The van der Waals surface area contributed by atoms with Gasteiger partial charge in [-0.1, -0.05) is 0 Å². The van der Waals surface area contributed by atoms with Crippen LogP contribution in [0.2, 0.25) is 0 Å². The molecular formula is C6H10NO+. The molecule has 0 bridgehead atoms. The lowest BCUT2D eigenvalue weighted by atomic mass is 10.4. The van der Waals surface area contributed by atoms with Crippen LogP contribution in [-0.2, 0) is 0 Å². The SMILES string of the molecule is Cc1[nH+]c(C)c(C)o1. The molecular weight excluding hydrogens is 102 g/mol. The predicted molar refractivity (Wildman–Crippen MR) is 29.5 cm³/mol. The van der Waals surface area contributed by atoms with E-state index in [0.29, 0.717) is 0 Å². The number of hydrogen-bond acceptors (Lipinski definition) is 1. The topological polar surface area (TPSA) is 27.3 Å². The van der Waals surface area contributed by atoms with E-state index >= 15 is 0 Å². The summed E-state index contributed by atoms with van der Waals surface area (Å²) in [4.78, 5) is 3.04. The van der Waals surface area contributed by atoms with Gasteiger partial charge in [0.1, 0.15) is 0 Å². The highest BCUT2D eigenvalue weighted by Crippen LogP contribution is 2.00. The van der Waals surface area contributed by atoms with Crippen molar-refractivity contribution in [3.63, 3.8) is 0 Å². The van der Waals surface area contributed by atoms with Crippen LogP contribution in [0.25, 0.3) is 0 Å². The Morgan fingerprint density at radius 3 is 2.00 bits per heavy atom. The van der Waals surface area contributed by atoms with Crippen molar-refractivity contribution >= 4 is 0 Å². The van der Waals surface area contributed by atoms with Gasteiger partial charge in [0, 0.05) is 13.8 Å². The molecule has 0 aliphatic carbocycles. The monoisotopic (exact) mass is 112 g/mol. The highest BCUT2D eigenvalue weighted by molar-refractivity contribution is 4.95. The Morgan fingerprint density at radius 2 is 1.88 bits per heavy atom. The minimum Gasteiger partial charge on any atom is -0.407 e. The zero-order chi connectivity index (χ0) is 6.15. The van der Waals surface area contributed by atoms with Crippen LogP contribution in [0.1, 0.15) is 17.3 Å². The number of H-pyrrole nitrogens is 1. The van der Waals surface area contributed by atoms with Crippen molar-refractivity contribution in [3.05, 3.63) is 17.3 Å². The minimum absolute atomic E-state index is 0.875. The summed E-state index contributed by atoms with van der Waals surface area (Å²) >= 11 is 0. The second kappa shape index (κ2) is 1.62. The first-order valence-electron chi connectivity index (χ1n) is 2.66. The molecule has 0 amide bonds. The van der Waals surface area contributed by atoms with Crippen LogP contribution in [0.3, 0.4) is 0 Å². The smallest absolute Gasteiger partial charge is 0.342 e. The molecule has 0 aliphatic rings. The molecule has 0 unspecified atom stereocenters. The maximum absolute atomic E-state index is 5.16. The Bertz CT molecular complexity index is 171. The second-order valence-corrected chi connectivity index (χ2v) is 1.96. The molecule has 2 heteroatoms. The van der Waals surface area contributed by atoms with Gasteiger partial charge in [0.15, 0.2) is 5.76 Å². The van der Waals surface area contributed by atoms with Crippen molar-refractivity contribution in [2.75, 3.05) is 0 Å². The number of aryl methyl sites for hydroxylation is 3. The Balaban J connectivity index is 3.14. The lowest BCUT2D eigenvalue weighted by Gasteiger charge is -1.70. The van der Waals surface area contributed by atoms with Gasteiger partial charge in [-0.15, -0.1) is 0 Å². The fraction of sp³-hybridized carbons (Fsp3) is 0.500. The zero-order valence-corrected chi connectivity index (χ0v) is 5.41. The largest absolute Gasteiger partial charge is 0.407 e. The van der Waals surface area contributed by atoms with E-state index in [1.165, 1.54) is 0 Å². The molecule has 0 saturated carbocycles. The van der Waals surface area contributed by atoms with Crippen LogP contribution in [0.15, 0.2) is 4.42 Å². The third-order valence-electron chi connectivity index (χ3n) is 1.20. The fourth-order valence-electron chi connectivity index (χ4n) is 0.684. The molecule has 0 radical (unpaired) electrons. The van der Waals surface area contributed by atoms with Gasteiger partial charge >= 0.3 is 5.89 Å². The molecule has 0 fully saturated rings. The first-order valence-corrected chi connectivity index (χ1v) is 2.66. The third-order valence-corrected chi connectivity index (χ3v) is 1.20. The zero-order valence-electron chi connectivity index (χ0n) is 5.41. The van der Waals surface area contributed by atoms with E-state index in [1.54, 1.807) is 0 Å². The Hall–Kier alpha value is -0.790. The summed E-state index contributed by atoms with van der Waals surface area (Å²) in [5.41, 5.74) is 1.11. The average Bonchev–Trinajstić information content (AvgIpc) is 1.85. The van der Waals surface area contributed by atoms with Crippen molar-refractivity contribution in [1.82, 2.24) is 0 Å². The van der Waals surface area contributed by atoms with Gasteiger partial charge in [-0.25, -0.2) is 0 Å². The Morgan fingerprint density at radius 1 is 1.25 bits per heavy atom. The molecule has 0 atom stereocenters. The standard InChI is InChI=1S/C6H9NO/c1-4-5(2)8-6(3)7-4/h1-3H3/p+1. The van der Waals surface area contributed by atoms with Gasteiger partial charge in [-0.2, -0.15) is 4.98 Å². The van der Waals surface area contributed by atoms with Crippen LogP contribution in [0.4, 0.5) is 0 Å². The summed E-state index contributed by atoms with van der Waals surface area (Å²) in [5, 5.41) is 0. The molecule has 1 aromatic heterocycles. The molecule has 1 aromatic rings. The van der Waals surface area contributed by atoms with Crippen molar-refractivity contribution < 1.29 is 9.40 Å². The van der Waals surface area contributed by atoms with Crippen LogP contribution in [0, 0.1) is 20.8 Å². The summed E-state index contributed by atoms with van der Waals surface area (Å²) in [6, 6.07) is 0. The summed E-state index contributed by atoms with van der Waals surface area (Å²) < 4.78 is 5.16. The van der Waals surface area contributed by atoms with E-state index in [-0.39, 0.29) is 0 Å². The number of hydrogen-bond donors (Lipinski definition) is 0. The molecule has 0 aromatic carbocycles. The van der Waals surface area contributed by atoms with E-state index in [4.69, 9.17) is 4.42 Å². The van der Waals surface area contributed by atoms with Crippen molar-refractivity contribution in [2.45, 2.75) is 20.8 Å². The molecule has 1 heterocycles. The number of aromatic nitrogens is 1. The maximum Gasteiger partial charge on any atom is 0.342 e. The molecule has 44 valence electrons. The highest BCUT2D eigenvalue weighted by atomic mass is 16.4. The molecule has 2 nitrogen and oxygen atoms in total. The van der Waals surface area contributed by atoms with Crippen LogP contribution < -0.4 is 4.98 Å². The molecule has 0 spiro atoms. The van der Waals surface area contributed by atoms with E-state index in [1.807, 2.05) is 20.8 Å². The first-order chi connectivity index (χ1) is 3.70. The fourth-order valence-corrected chi connectivity index (χ4v) is 0.684. The minimum atomic E-state index is 0.875. The molecule has 1 rings (SSSR count). The molecule has 1 N–H and O–H groups in total. The van der Waals surface area contributed by atoms with Gasteiger partial charge in [0.25, 0.3) is 0 Å². The van der Waals surface area contributed by atoms with E-state index in [0.717, 1.165) is 17.3 Å². The lowest BCUT2D eigenvalue weighted by Crippen LogP contribution is -2.04. The quantitative estimate of drug-likeness (QED) is 0.492. The van der Waals surface area contributed by atoms with Crippen molar-refractivity contribution in [3.8, 4) is 0 Å². The summed E-state index contributed by atoms with van der Waals surface area (Å²) in [6.45, 7) is 5.84. The van der Waals surface area contributed by atoms with Crippen molar-refractivity contribution in [1.29, 1.82) is 0 Å². The lowest BCUT2D eigenvalue weighted by molar-refractivity contribution is -0.402. The predicted octanol–water partition coefficient (Wildman–Crippen LogP) is 1.02. The summed E-state index contributed by atoms with van der Waals surface area (Å²) in [6.07, 6.45) is 0. The van der Waals surface area contributed by atoms with Gasteiger partial charge in [0.05, 0.1) is 6.92 Å².